The predicted octanol–water partition coefficient (Wildman–Crippen LogP) is 2.68. The lowest BCUT2D eigenvalue weighted by Gasteiger charge is -2.21. The highest BCUT2D eigenvalue weighted by Crippen LogP contribution is 2.16. The summed E-state index contributed by atoms with van der Waals surface area (Å²) in [7, 11) is 0. The highest BCUT2D eigenvalue weighted by atomic mass is 79.9. The average Bonchev–Trinajstić information content (AvgIpc) is 2.52. The maximum absolute atomic E-state index is 11.6. The number of hydroxylamine groups is 1. The maximum atomic E-state index is 11.6. The van der Waals surface area contributed by atoms with Gasteiger partial charge in [-0.15, -0.1) is 11.6 Å². The maximum Gasteiger partial charge on any atom is 0.362 e. The molecule has 2 aromatic rings. The van der Waals surface area contributed by atoms with Gasteiger partial charge in [0, 0.05) is 4.47 Å². The van der Waals surface area contributed by atoms with Crippen molar-refractivity contribution in [1.82, 2.24) is 5.48 Å². The Morgan fingerprint density at radius 1 is 1.27 bits per heavy atom. The molecule has 0 amide bonds. The summed E-state index contributed by atoms with van der Waals surface area (Å²) in [4.78, 5) is 16.5. The Labute approximate surface area is 137 Å². The molecule has 3 N–H and O–H groups in total. The van der Waals surface area contributed by atoms with E-state index < -0.39 is 5.97 Å². The second-order valence-electron chi connectivity index (χ2n) is 4.60. The molecule has 0 bridgehead atoms. The Balaban J connectivity index is 1.76. The van der Waals surface area contributed by atoms with Crippen LogP contribution in [0.2, 0.25) is 0 Å². The van der Waals surface area contributed by atoms with Gasteiger partial charge in [-0.2, -0.15) is 23.2 Å². The number of aryl methyl sites for hydroxylation is 1. The Morgan fingerprint density at radius 2 is 2.00 bits per heavy atom. The Kier molecular flexibility index (Phi) is 5.83. The number of benzene rings is 2. The van der Waals surface area contributed by atoms with Crippen LogP contribution in [0.4, 0.5) is 0 Å². The lowest BCUT2D eigenvalue weighted by molar-refractivity contribution is -0.152. The molecule has 2 rings (SSSR count). The van der Waals surface area contributed by atoms with Crippen LogP contribution in [0.3, 0.4) is 0 Å². The van der Waals surface area contributed by atoms with Crippen molar-refractivity contribution in [3.8, 4) is 5.75 Å². The number of rotatable bonds is 6. The van der Waals surface area contributed by atoms with E-state index in [0.29, 0.717) is 5.75 Å². The van der Waals surface area contributed by atoms with Crippen LogP contribution in [0.15, 0.2) is 53.0 Å². The van der Waals surface area contributed by atoms with Gasteiger partial charge in [-0.1, -0.05) is 28.9 Å². The molecule has 0 spiro atoms. The number of nitrogens with one attached hydrogen (secondary N) is 1. The molecule has 22 heavy (non-hydrogen) atoms. The van der Waals surface area contributed by atoms with Gasteiger partial charge < -0.3 is 15.3 Å². The number of halogens is 1. The molecule has 0 atom stereocenters. The molecule has 0 aliphatic carbocycles. The van der Waals surface area contributed by atoms with E-state index in [1.165, 1.54) is 0 Å². The minimum Gasteiger partial charge on any atom is -0.482 e. The fourth-order valence-corrected chi connectivity index (χ4v) is 1.95. The van der Waals surface area contributed by atoms with Gasteiger partial charge in [0.05, 0.1) is 0 Å². The molecule has 0 aromatic heterocycles. The average molecular weight is 364 g/mol. The van der Waals surface area contributed by atoms with Gasteiger partial charge in [0.1, 0.15) is 5.75 Å². The van der Waals surface area contributed by atoms with Crippen LogP contribution in [-0.2, 0) is 9.63 Å². The summed E-state index contributed by atoms with van der Waals surface area (Å²) >= 11 is 3.32. The van der Waals surface area contributed by atoms with E-state index in [0.717, 1.165) is 15.6 Å². The normalized spacial score (nSPS) is 10.1. The van der Waals surface area contributed by atoms with Crippen LogP contribution in [0.25, 0.3) is 0 Å². The van der Waals surface area contributed by atoms with Crippen molar-refractivity contribution in [2.45, 2.75) is 6.92 Å². The van der Waals surface area contributed by atoms with Crippen LogP contribution in [0.5, 0.6) is 5.75 Å². The zero-order valence-electron chi connectivity index (χ0n) is 12.0. The van der Waals surface area contributed by atoms with Gasteiger partial charge >= 0.3 is 5.97 Å². The standard InChI is InChI=1S/C16H16BrN2O3/c1-11-3-2-4-12(9-11)16(18)19-22-15(20)10-21-14-7-5-13(17)6-8-14/h2-9,19H,10,18H2,1H3/q-1. The van der Waals surface area contributed by atoms with Crippen molar-refractivity contribution in [2.75, 3.05) is 6.61 Å². The summed E-state index contributed by atoms with van der Waals surface area (Å²) in [6.07, 6.45) is 0.265. The molecule has 0 fully saturated rings. The molecule has 6 heteroatoms. The van der Waals surface area contributed by atoms with Crippen LogP contribution < -0.4 is 16.0 Å². The van der Waals surface area contributed by atoms with Gasteiger partial charge in [0.25, 0.3) is 0 Å². The van der Waals surface area contributed by atoms with Gasteiger partial charge in [0.15, 0.2) is 6.61 Å². The van der Waals surface area contributed by atoms with E-state index in [9.17, 15) is 4.79 Å². The van der Waals surface area contributed by atoms with E-state index in [4.69, 9.17) is 15.3 Å². The third-order valence-corrected chi connectivity index (χ3v) is 3.30. The number of carbonyl (C=O) groups excluding carboxylic acids is 1. The zero-order chi connectivity index (χ0) is 15.9. The highest BCUT2D eigenvalue weighted by molar-refractivity contribution is 9.10. The van der Waals surface area contributed by atoms with E-state index in [-0.39, 0.29) is 12.8 Å². The van der Waals surface area contributed by atoms with Crippen molar-refractivity contribution in [3.05, 3.63) is 70.3 Å². The first-order valence-corrected chi connectivity index (χ1v) is 7.37. The van der Waals surface area contributed by atoms with Crippen LogP contribution in [0.1, 0.15) is 11.1 Å². The Morgan fingerprint density at radius 3 is 2.68 bits per heavy atom. The second kappa shape index (κ2) is 7.84. The lowest BCUT2D eigenvalue weighted by Crippen LogP contribution is -2.33. The molecule has 0 heterocycles. The second-order valence-corrected chi connectivity index (χ2v) is 5.52. The number of hydrogen-bond acceptors (Lipinski definition) is 5. The van der Waals surface area contributed by atoms with E-state index in [1.54, 1.807) is 12.1 Å². The Bertz CT molecular complexity index is 632. The van der Waals surface area contributed by atoms with E-state index >= 15 is 0 Å². The summed E-state index contributed by atoms with van der Waals surface area (Å²) < 4.78 is 6.23. The number of ether oxygens (including phenoxy) is 1. The molecule has 0 aliphatic heterocycles. The molecule has 5 nitrogen and oxygen atoms in total. The predicted molar refractivity (Wildman–Crippen MR) is 86.6 cm³/mol. The smallest absolute Gasteiger partial charge is 0.362 e. The van der Waals surface area contributed by atoms with Crippen LogP contribution >= 0.6 is 15.9 Å². The monoisotopic (exact) mass is 363 g/mol. The quantitative estimate of drug-likeness (QED) is 0.609. The first-order valence-electron chi connectivity index (χ1n) is 6.58. The Hall–Kier alpha value is -2.02. The molecular formula is C16H16BrN2O3-. The van der Waals surface area contributed by atoms with Gasteiger partial charge in [-0.05, 0) is 30.4 Å². The summed E-state index contributed by atoms with van der Waals surface area (Å²) in [5, 5.41) is 0. The summed E-state index contributed by atoms with van der Waals surface area (Å²) in [5.41, 5.74) is 10.1. The fraction of sp³-hybridized carbons (Fsp3) is 0.125. The molecule has 0 saturated carbocycles. The topological polar surface area (TPSA) is 73.6 Å². The van der Waals surface area contributed by atoms with Gasteiger partial charge in [-0.25, -0.2) is 4.79 Å². The van der Waals surface area contributed by atoms with Gasteiger partial charge in [-0.3, -0.25) is 0 Å². The molecular weight excluding hydrogens is 348 g/mol. The minimum atomic E-state index is -0.571. The van der Waals surface area contributed by atoms with E-state index in [2.05, 4.69) is 21.4 Å². The molecule has 0 aliphatic rings. The van der Waals surface area contributed by atoms with Crippen molar-refractivity contribution < 1.29 is 14.4 Å². The first kappa shape index (κ1) is 16.4. The third kappa shape index (κ3) is 5.07. The SMILES string of the molecule is Cc1cccc([C-](N)NOC(=O)COc2ccc(Br)cc2)c1. The van der Waals surface area contributed by atoms with Crippen molar-refractivity contribution in [1.29, 1.82) is 0 Å². The molecule has 2 aromatic carbocycles. The van der Waals surface area contributed by atoms with Gasteiger partial charge in [0.2, 0.25) is 0 Å². The first-order chi connectivity index (χ1) is 10.5. The molecule has 0 saturated heterocycles. The van der Waals surface area contributed by atoms with Crippen LogP contribution in [-0.4, -0.2) is 12.6 Å². The summed E-state index contributed by atoms with van der Waals surface area (Å²) in [5.74, 6) is 0.00862. The van der Waals surface area contributed by atoms with Crippen molar-refractivity contribution in [2.24, 2.45) is 5.73 Å². The number of hydrogen-bond donors (Lipinski definition) is 2. The summed E-state index contributed by atoms with van der Waals surface area (Å²) in [6.45, 7) is 1.74. The van der Waals surface area contributed by atoms with E-state index in [1.807, 2.05) is 43.3 Å². The molecule has 0 unspecified atom stereocenters. The fourth-order valence-electron chi connectivity index (χ4n) is 1.69. The van der Waals surface area contributed by atoms with Crippen molar-refractivity contribution >= 4 is 21.9 Å². The molecule has 116 valence electrons. The molecule has 0 radical (unpaired) electrons. The third-order valence-electron chi connectivity index (χ3n) is 2.77. The highest BCUT2D eigenvalue weighted by Gasteiger charge is 2.06. The minimum absolute atomic E-state index is 0.213. The zero-order valence-corrected chi connectivity index (χ0v) is 13.6. The summed E-state index contributed by atoms with van der Waals surface area (Å²) in [6, 6.07) is 14.7. The largest absolute Gasteiger partial charge is 0.482 e. The number of nitrogens with two attached hydrogens (primary N) is 1. The lowest BCUT2D eigenvalue weighted by atomic mass is 10.1. The van der Waals surface area contributed by atoms with Crippen molar-refractivity contribution in [3.63, 3.8) is 0 Å². The number of carbonyl (C=O) groups is 1. The van der Waals surface area contributed by atoms with Crippen LogP contribution in [0, 0.1) is 13.1 Å².